The molecule has 104 valence electrons. The number of thiazole rings is 1. The van der Waals surface area contributed by atoms with Crippen LogP contribution in [0.25, 0.3) is 0 Å². The van der Waals surface area contributed by atoms with Gasteiger partial charge in [-0.25, -0.2) is 4.98 Å². The van der Waals surface area contributed by atoms with E-state index in [1.54, 1.807) is 18.4 Å². The van der Waals surface area contributed by atoms with Crippen molar-refractivity contribution in [2.24, 2.45) is 0 Å². The van der Waals surface area contributed by atoms with Crippen molar-refractivity contribution in [1.29, 1.82) is 0 Å². The monoisotopic (exact) mass is 270 g/mol. The number of hydrogen-bond acceptors (Lipinski definition) is 4. The Morgan fingerprint density at radius 3 is 2.56 bits per heavy atom. The molecule has 0 aliphatic rings. The van der Waals surface area contributed by atoms with Crippen molar-refractivity contribution in [3.05, 3.63) is 15.6 Å². The Labute approximate surface area is 115 Å². The lowest BCUT2D eigenvalue weighted by atomic mass is 10.1. The average molecular weight is 270 g/mol. The Balaban J connectivity index is 2.86. The van der Waals surface area contributed by atoms with Crippen LogP contribution in [0.3, 0.4) is 0 Å². The van der Waals surface area contributed by atoms with Gasteiger partial charge in [0.2, 0.25) is 0 Å². The molecule has 1 aromatic rings. The minimum Gasteiger partial charge on any atom is -0.374 e. The highest BCUT2D eigenvalue weighted by Crippen LogP contribution is 2.31. The molecule has 3 nitrogen and oxygen atoms in total. The standard InChI is InChI=1S/C14H26N2OS/c1-6-8-15-9-12-13(10(3)4)16-14(18-12)11(7-2)17-5/h10-11,15H,6-9H2,1-5H3. The zero-order valence-electron chi connectivity index (χ0n) is 12.2. The number of nitrogens with zero attached hydrogens (tertiary/aromatic N) is 1. The van der Waals surface area contributed by atoms with Crippen LogP contribution in [-0.2, 0) is 11.3 Å². The highest BCUT2D eigenvalue weighted by molar-refractivity contribution is 7.11. The van der Waals surface area contributed by atoms with E-state index in [-0.39, 0.29) is 6.10 Å². The van der Waals surface area contributed by atoms with Crippen LogP contribution in [0.2, 0.25) is 0 Å². The van der Waals surface area contributed by atoms with E-state index in [0.717, 1.165) is 24.5 Å². The zero-order valence-corrected chi connectivity index (χ0v) is 13.1. The second-order valence-corrected chi connectivity index (χ2v) is 5.94. The molecule has 1 atom stereocenters. The third kappa shape index (κ3) is 4.04. The molecule has 0 aliphatic carbocycles. The molecule has 0 fully saturated rings. The first-order chi connectivity index (χ1) is 8.63. The fourth-order valence-electron chi connectivity index (χ4n) is 1.92. The van der Waals surface area contributed by atoms with Crippen molar-refractivity contribution in [1.82, 2.24) is 10.3 Å². The molecule has 0 amide bonds. The Kier molecular flexibility index (Phi) is 6.82. The molecule has 18 heavy (non-hydrogen) atoms. The van der Waals surface area contributed by atoms with Crippen LogP contribution in [0.4, 0.5) is 0 Å². The number of hydrogen-bond donors (Lipinski definition) is 1. The first kappa shape index (κ1) is 15.6. The molecule has 0 saturated heterocycles. The summed E-state index contributed by atoms with van der Waals surface area (Å²) < 4.78 is 5.49. The van der Waals surface area contributed by atoms with E-state index in [4.69, 9.17) is 9.72 Å². The number of nitrogens with one attached hydrogen (secondary N) is 1. The fourth-order valence-corrected chi connectivity index (χ4v) is 3.27. The van der Waals surface area contributed by atoms with Gasteiger partial charge in [0.1, 0.15) is 11.1 Å². The molecule has 1 heterocycles. The van der Waals surface area contributed by atoms with Gasteiger partial charge in [-0.2, -0.15) is 0 Å². The predicted octanol–water partition coefficient (Wildman–Crippen LogP) is 3.86. The van der Waals surface area contributed by atoms with E-state index < -0.39 is 0 Å². The molecule has 1 N–H and O–H groups in total. The normalized spacial score (nSPS) is 13.2. The van der Waals surface area contributed by atoms with Crippen molar-refractivity contribution < 1.29 is 4.74 Å². The lowest BCUT2D eigenvalue weighted by Crippen LogP contribution is -2.14. The third-order valence-corrected chi connectivity index (χ3v) is 4.10. The van der Waals surface area contributed by atoms with E-state index in [9.17, 15) is 0 Å². The molecule has 4 heteroatoms. The summed E-state index contributed by atoms with van der Waals surface area (Å²) in [5.41, 5.74) is 1.23. The lowest BCUT2D eigenvalue weighted by molar-refractivity contribution is 0.0996. The third-order valence-electron chi connectivity index (χ3n) is 2.93. The molecule has 0 bridgehead atoms. The summed E-state index contributed by atoms with van der Waals surface area (Å²) in [7, 11) is 1.76. The van der Waals surface area contributed by atoms with Gasteiger partial charge < -0.3 is 10.1 Å². The number of aromatic nitrogens is 1. The summed E-state index contributed by atoms with van der Waals surface area (Å²) in [6.45, 7) is 10.7. The van der Waals surface area contributed by atoms with Gasteiger partial charge in [0, 0.05) is 18.5 Å². The van der Waals surface area contributed by atoms with Gasteiger partial charge in [0.05, 0.1) is 5.69 Å². The summed E-state index contributed by atoms with van der Waals surface area (Å²) in [5, 5.41) is 4.59. The molecule has 0 aromatic carbocycles. The highest BCUT2D eigenvalue weighted by atomic mass is 32.1. The molecule has 0 spiro atoms. The molecule has 1 aromatic heterocycles. The molecule has 1 unspecified atom stereocenters. The Bertz CT molecular complexity index is 346. The zero-order chi connectivity index (χ0) is 13.5. The maximum atomic E-state index is 5.49. The topological polar surface area (TPSA) is 34.1 Å². The van der Waals surface area contributed by atoms with E-state index in [2.05, 4.69) is 33.0 Å². The fraction of sp³-hybridized carbons (Fsp3) is 0.786. The van der Waals surface area contributed by atoms with Crippen LogP contribution in [0, 0.1) is 0 Å². The number of ether oxygens (including phenoxy) is 1. The molecule has 0 radical (unpaired) electrons. The largest absolute Gasteiger partial charge is 0.374 e. The van der Waals surface area contributed by atoms with E-state index in [1.807, 2.05) is 0 Å². The highest BCUT2D eigenvalue weighted by Gasteiger charge is 2.18. The van der Waals surface area contributed by atoms with E-state index in [0.29, 0.717) is 5.92 Å². The van der Waals surface area contributed by atoms with Crippen LogP contribution in [0.15, 0.2) is 0 Å². The van der Waals surface area contributed by atoms with Crippen molar-refractivity contribution in [3.63, 3.8) is 0 Å². The summed E-state index contributed by atoms with van der Waals surface area (Å²) in [5.74, 6) is 0.475. The second kappa shape index (κ2) is 7.87. The van der Waals surface area contributed by atoms with Gasteiger partial charge in [-0.15, -0.1) is 11.3 Å². The number of rotatable bonds is 8. The first-order valence-electron chi connectivity index (χ1n) is 6.86. The Morgan fingerprint density at radius 2 is 2.06 bits per heavy atom. The summed E-state index contributed by atoms with van der Waals surface area (Å²) in [4.78, 5) is 6.15. The van der Waals surface area contributed by atoms with Gasteiger partial charge in [0.25, 0.3) is 0 Å². The smallest absolute Gasteiger partial charge is 0.122 e. The van der Waals surface area contributed by atoms with Gasteiger partial charge in [-0.3, -0.25) is 0 Å². The number of methoxy groups -OCH3 is 1. The maximum Gasteiger partial charge on any atom is 0.122 e. The first-order valence-corrected chi connectivity index (χ1v) is 7.68. The lowest BCUT2D eigenvalue weighted by Gasteiger charge is -2.08. The summed E-state index contributed by atoms with van der Waals surface area (Å²) >= 11 is 1.80. The minimum absolute atomic E-state index is 0.146. The van der Waals surface area contributed by atoms with Crippen LogP contribution < -0.4 is 5.32 Å². The molecular weight excluding hydrogens is 244 g/mol. The molecular formula is C14H26N2OS. The van der Waals surface area contributed by atoms with Crippen molar-refractivity contribution in [2.45, 2.75) is 59.1 Å². The van der Waals surface area contributed by atoms with Crippen molar-refractivity contribution >= 4 is 11.3 Å². The molecule has 0 saturated carbocycles. The summed E-state index contributed by atoms with van der Waals surface area (Å²) in [6.07, 6.45) is 2.29. The SMILES string of the molecule is CCCNCc1sc(C(CC)OC)nc1C(C)C. The van der Waals surface area contributed by atoms with Crippen molar-refractivity contribution in [3.8, 4) is 0 Å². The summed E-state index contributed by atoms with van der Waals surface area (Å²) in [6, 6.07) is 0. The van der Waals surface area contributed by atoms with Gasteiger partial charge >= 0.3 is 0 Å². The van der Waals surface area contributed by atoms with Crippen LogP contribution in [0.5, 0.6) is 0 Å². The van der Waals surface area contributed by atoms with E-state index in [1.165, 1.54) is 17.0 Å². The van der Waals surface area contributed by atoms with Gasteiger partial charge in [0.15, 0.2) is 0 Å². The maximum absolute atomic E-state index is 5.49. The van der Waals surface area contributed by atoms with Crippen LogP contribution >= 0.6 is 11.3 Å². The second-order valence-electron chi connectivity index (χ2n) is 4.82. The average Bonchev–Trinajstić information content (AvgIpc) is 2.75. The van der Waals surface area contributed by atoms with Crippen LogP contribution in [-0.4, -0.2) is 18.6 Å². The minimum atomic E-state index is 0.146. The Morgan fingerprint density at radius 1 is 1.33 bits per heavy atom. The molecule has 1 rings (SSSR count). The van der Waals surface area contributed by atoms with Gasteiger partial charge in [-0.1, -0.05) is 27.7 Å². The molecule has 0 aliphatic heterocycles. The Hall–Kier alpha value is -0.450. The van der Waals surface area contributed by atoms with E-state index >= 15 is 0 Å². The van der Waals surface area contributed by atoms with Crippen molar-refractivity contribution in [2.75, 3.05) is 13.7 Å². The predicted molar refractivity (Wildman–Crippen MR) is 78.2 cm³/mol. The van der Waals surface area contributed by atoms with Crippen LogP contribution in [0.1, 0.15) is 68.1 Å². The quantitative estimate of drug-likeness (QED) is 0.728. The van der Waals surface area contributed by atoms with Gasteiger partial charge in [-0.05, 0) is 25.3 Å².